The van der Waals surface area contributed by atoms with Gasteiger partial charge in [-0.2, -0.15) is 5.26 Å². The SMILES string of the molecule is N#C/C(=C\C=C\c1ccc(N2CCc3ccccc32)cc1)C(=O)O. The van der Waals surface area contributed by atoms with Gasteiger partial charge in [0, 0.05) is 17.9 Å². The number of carbonyl (C=O) groups is 1. The van der Waals surface area contributed by atoms with E-state index in [1.807, 2.05) is 24.3 Å². The molecule has 0 radical (unpaired) electrons. The number of aliphatic carboxylic acids is 1. The van der Waals surface area contributed by atoms with E-state index in [9.17, 15) is 4.79 Å². The molecule has 0 bridgehead atoms. The second-order valence-electron chi connectivity index (χ2n) is 5.48. The van der Waals surface area contributed by atoms with Crippen LogP contribution in [-0.2, 0) is 11.2 Å². The van der Waals surface area contributed by atoms with E-state index in [-0.39, 0.29) is 5.57 Å². The fraction of sp³-hybridized carbons (Fsp3) is 0.100. The van der Waals surface area contributed by atoms with Gasteiger partial charge in [-0.05, 0) is 41.8 Å². The Morgan fingerprint density at radius 2 is 1.92 bits per heavy atom. The van der Waals surface area contributed by atoms with E-state index in [4.69, 9.17) is 10.4 Å². The molecule has 3 rings (SSSR count). The largest absolute Gasteiger partial charge is 0.477 e. The third-order valence-corrected chi connectivity index (χ3v) is 3.99. The van der Waals surface area contributed by atoms with E-state index in [2.05, 4.69) is 29.2 Å². The standard InChI is InChI=1S/C20H16N2O2/c21-14-17(20(23)24)6-3-4-15-8-10-18(11-9-15)22-13-12-16-5-1-2-7-19(16)22/h1-11H,12-13H2,(H,23,24)/b4-3+,17-6+. The lowest BCUT2D eigenvalue weighted by Crippen LogP contribution is -2.12. The van der Waals surface area contributed by atoms with Crippen LogP contribution < -0.4 is 4.90 Å². The number of para-hydroxylation sites is 1. The van der Waals surface area contributed by atoms with Crippen LogP contribution in [0.1, 0.15) is 11.1 Å². The predicted octanol–water partition coefficient (Wildman–Crippen LogP) is 3.93. The summed E-state index contributed by atoms with van der Waals surface area (Å²) in [5.41, 5.74) is 4.42. The summed E-state index contributed by atoms with van der Waals surface area (Å²) in [7, 11) is 0. The number of hydrogen-bond donors (Lipinski definition) is 1. The summed E-state index contributed by atoms with van der Waals surface area (Å²) in [5, 5.41) is 17.5. The molecule has 4 nitrogen and oxygen atoms in total. The number of carboxylic acid groups (broad SMARTS) is 1. The Labute approximate surface area is 140 Å². The van der Waals surface area contributed by atoms with E-state index >= 15 is 0 Å². The third kappa shape index (κ3) is 3.21. The molecule has 0 fully saturated rings. The van der Waals surface area contributed by atoms with Crippen LogP contribution >= 0.6 is 0 Å². The number of benzene rings is 2. The molecule has 1 N–H and O–H groups in total. The molecule has 0 saturated carbocycles. The van der Waals surface area contributed by atoms with E-state index in [1.165, 1.54) is 17.3 Å². The minimum Gasteiger partial charge on any atom is -0.477 e. The quantitative estimate of drug-likeness (QED) is 0.527. The van der Waals surface area contributed by atoms with Gasteiger partial charge in [0.15, 0.2) is 0 Å². The van der Waals surface area contributed by atoms with Crippen LogP contribution in [0.2, 0.25) is 0 Å². The third-order valence-electron chi connectivity index (χ3n) is 3.99. The smallest absolute Gasteiger partial charge is 0.346 e. The number of nitrogens with zero attached hydrogens (tertiary/aromatic N) is 2. The van der Waals surface area contributed by atoms with Crippen molar-refractivity contribution in [3.63, 3.8) is 0 Å². The second-order valence-corrected chi connectivity index (χ2v) is 5.48. The maximum atomic E-state index is 10.7. The summed E-state index contributed by atoms with van der Waals surface area (Å²) in [6, 6.07) is 18.1. The molecule has 24 heavy (non-hydrogen) atoms. The van der Waals surface area contributed by atoms with Crippen molar-refractivity contribution < 1.29 is 9.90 Å². The van der Waals surface area contributed by atoms with Gasteiger partial charge in [0.1, 0.15) is 11.6 Å². The fourth-order valence-corrected chi connectivity index (χ4v) is 2.78. The van der Waals surface area contributed by atoms with Crippen LogP contribution in [0.15, 0.2) is 66.3 Å². The molecular formula is C20H16N2O2. The van der Waals surface area contributed by atoms with Crippen LogP contribution in [0, 0.1) is 11.3 Å². The number of rotatable bonds is 4. The summed E-state index contributed by atoms with van der Waals surface area (Å²) in [5.74, 6) is -1.22. The van der Waals surface area contributed by atoms with Gasteiger partial charge in [0.05, 0.1) is 0 Å². The van der Waals surface area contributed by atoms with Gasteiger partial charge in [-0.25, -0.2) is 4.79 Å². The Hall–Kier alpha value is -3.32. The van der Waals surface area contributed by atoms with Gasteiger partial charge < -0.3 is 10.0 Å². The van der Waals surface area contributed by atoms with E-state index in [1.54, 1.807) is 18.2 Å². The number of anilines is 2. The van der Waals surface area contributed by atoms with Gasteiger partial charge in [-0.1, -0.05) is 42.5 Å². The molecule has 1 aliphatic rings. The zero-order valence-corrected chi connectivity index (χ0v) is 13.0. The lowest BCUT2D eigenvalue weighted by atomic mass is 10.1. The van der Waals surface area contributed by atoms with Crippen LogP contribution in [0.5, 0.6) is 0 Å². The molecular weight excluding hydrogens is 300 g/mol. The van der Waals surface area contributed by atoms with Crippen molar-refractivity contribution in [1.29, 1.82) is 5.26 Å². The number of carboxylic acids is 1. The number of hydrogen-bond acceptors (Lipinski definition) is 3. The lowest BCUT2D eigenvalue weighted by Gasteiger charge is -2.19. The fourth-order valence-electron chi connectivity index (χ4n) is 2.78. The Bertz CT molecular complexity index is 858. The highest BCUT2D eigenvalue weighted by atomic mass is 16.4. The highest BCUT2D eigenvalue weighted by Crippen LogP contribution is 2.34. The number of fused-ring (bicyclic) bond motifs is 1. The zero-order chi connectivity index (χ0) is 16.9. The molecule has 1 aliphatic heterocycles. The molecule has 0 amide bonds. The maximum absolute atomic E-state index is 10.7. The second kappa shape index (κ2) is 6.84. The summed E-state index contributed by atoms with van der Waals surface area (Å²) in [4.78, 5) is 13.0. The monoisotopic (exact) mass is 316 g/mol. The Kier molecular flexibility index (Phi) is 4.44. The van der Waals surface area contributed by atoms with Crippen LogP contribution in [-0.4, -0.2) is 17.6 Å². The van der Waals surface area contributed by atoms with E-state index < -0.39 is 5.97 Å². The average Bonchev–Trinajstić information content (AvgIpc) is 3.03. The van der Waals surface area contributed by atoms with Crippen molar-refractivity contribution in [3.8, 4) is 6.07 Å². The van der Waals surface area contributed by atoms with Gasteiger partial charge in [0.25, 0.3) is 0 Å². The van der Waals surface area contributed by atoms with Crippen molar-refractivity contribution in [2.45, 2.75) is 6.42 Å². The zero-order valence-electron chi connectivity index (χ0n) is 13.0. The molecule has 0 unspecified atom stereocenters. The first kappa shape index (κ1) is 15.6. The minimum absolute atomic E-state index is 0.281. The van der Waals surface area contributed by atoms with Gasteiger partial charge in [-0.3, -0.25) is 0 Å². The van der Waals surface area contributed by atoms with Crippen LogP contribution in [0.4, 0.5) is 11.4 Å². The van der Waals surface area contributed by atoms with Crippen molar-refractivity contribution in [1.82, 2.24) is 0 Å². The van der Waals surface area contributed by atoms with Gasteiger partial charge in [0.2, 0.25) is 0 Å². The maximum Gasteiger partial charge on any atom is 0.346 e. The summed E-state index contributed by atoms with van der Waals surface area (Å²) in [6.45, 7) is 0.974. The van der Waals surface area contributed by atoms with Crippen molar-refractivity contribution in [2.24, 2.45) is 0 Å². The van der Waals surface area contributed by atoms with Crippen LogP contribution in [0.3, 0.4) is 0 Å². The van der Waals surface area contributed by atoms with Crippen molar-refractivity contribution in [3.05, 3.63) is 77.4 Å². The molecule has 0 aromatic heterocycles. The summed E-state index contributed by atoms with van der Waals surface area (Å²) < 4.78 is 0. The first-order valence-corrected chi connectivity index (χ1v) is 7.66. The normalized spacial score (nSPS) is 13.8. The van der Waals surface area contributed by atoms with E-state index in [0.717, 1.165) is 24.2 Å². The molecule has 4 heteroatoms. The Morgan fingerprint density at radius 3 is 2.62 bits per heavy atom. The molecule has 0 aliphatic carbocycles. The highest BCUT2D eigenvalue weighted by molar-refractivity contribution is 5.91. The molecule has 2 aromatic rings. The predicted molar refractivity (Wildman–Crippen MR) is 94.0 cm³/mol. The summed E-state index contributed by atoms with van der Waals surface area (Å²) >= 11 is 0. The molecule has 0 spiro atoms. The minimum atomic E-state index is -1.22. The van der Waals surface area contributed by atoms with Crippen LogP contribution in [0.25, 0.3) is 6.08 Å². The number of nitriles is 1. The molecule has 118 valence electrons. The van der Waals surface area contributed by atoms with Crippen molar-refractivity contribution >= 4 is 23.4 Å². The Morgan fingerprint density at radius 1 is 1.17 bits per heavy atom. The first-order valence-electron chi connectivity index (χ1n) is 7.66. The molecule has 0 atom stereocenters. The lowest BCUT2D eigenvalue weighted by molar-refractivity contribution is -0.132. The Balaban J connectivity index is 1.75. The molecule has 2 aromatic carbocycles. The first-order chi connectivity index (χ1) is 11.7. The molecule has 0 saturated heterocycles. The summed E-state index contributed by atoms with van der Waals surface area (Å²) in [6.07, 6.45) is 5.70. The number of allylic oxidation sites excluding steroid dienone is 2. The van der Waals surface area contributed by atoms with Crippen molar-refractivity contribution in [2.75, 3.05) is 11.4 Å². The topological polar surface area (TPSA) is 64.3 Å². The van der Waals surface area contributed by atoms with Gasteiger partial charge >= 0.3 is 5.97 Å². The van der Waals surface area contributed by atoms with E-state index in [0.29, 0.717) is 0 Å². The molecule has 1 heterocycles. The van der Waals surface area contributed by atoms with Gasteiger partial charge in [-0.15, -0.1) is 0 Å². The highest BCUT2D eigenvalue weighted by Gasteiger charge is 2.19. The average molecular weight is 316 g/mol.